The summed E-state index contributed by atoms with van der Waals surface area (Å²) in [6.45, 7) is 4.43. The molecular weight excluding hydrogens is 100 g/mol. The van der Waals surface area contributed by atoms with Crippen molar-refractivity contribution in [3.8, 4) is 0 Å². The first-order chi connectivity index (χ1) is 2.81. The SMILES string of the molecule is C.C.CCC(C)CO. The van der Waals surface area contributed by atoms with Crippen molar-refractivity contribution < 1.29 is 5.11 Å². The Morgan fingerprint density at radius 2 is 1.75 bits per heavy atom. The van der Waals surface area contributed by atoms with Crippen LogP contribution in [-0.2, 0) is 0 Å². The zero-order valence-electron chi connectivity index (χ0n) is 4.44. The van der Waals surface area contributed by atoms with E-state index in [2.05, 4.69) is 6.92 Å². The first-order valence-electron chi connectivity index (χ1n) is 2.42. The Kier molecular flexibility index (Phi) is 19.7. The van der Waals surface area contributed by atoms with Crippen LogP contribution in [0, 0.1) is 5.92 Å². The maximum absolute atomic E-state index is 8.33. The standard InChI is InChI=1S/C5H12O.2CH4/c1-3-5(2)4-6;;/h5-6H,3-4H2,1-2H3;2*1H4. The molecule has 8 heavy (non-hydrogen) atoms. The fourth-order valence-corrected chi connectivity index (χ4v) is 0.129. The summed E-state index contributed by atoms with van der Waals surface area (Å²) in [4.78, 5) is 0. The fraction of sp³-hybridized carbons (Fsp3) is 1.00. The molecule has 1 heteroatoms. The van der Waals surface area contributed by atoms with Gasteiger partial charge in [0.05, 0.1) is 0 Å². The van der Waals surface area contributed by atoms with Crippen molar-refractivity contribution >= 4 is 0 Å². The molecule has 0 saturated carbocycles. The summed E-state index contributed by atoms with van der Waals surface area (Å²) in [7, 11) is 0. The molecule has 0 aliphatic rings. The van der Waals surface area contributed by atoms with Gasteiger partial charge in [0.25, 0.3) is 0 Å². The lowest BCUT2D eigenvalue weighted by Gasteiger charge is -1.98. The molecule has 0 aromatic carbocycles. The van der Waals surface area contributed by atoms with E-state index in [1.165, 1.54) is 0 Å². The van der Waals surface area contributed by atoms with E-state index in [-0.39, 0.29) is 14.9 Å². The molecule has 0 aromatic heterocycles. The van der Waals surface area contributed by atoms with Crippen molar-refractivity contribution in [1.82, 2.24) is 0 Å². The minimum atomic E-state index is 0. The van der Waals surface area contributed by atoms with E-state index in [0.29, 0.717) is 12.5 Å². The lowest BCUT2D eigenvalue weighted by molar-refractivity contribution is 0.234. The van der Waals surface area contributed by atoms with E-state index >= 15 is 0 Å². The third-order valence-electron chi connectivity index (χ3n) is 1.01. The Labute approximate surface area is 53.7 Å². The molecule has 0 spiro atoms. The first kappa shape index (κ1) is 15.7. The molecule has 0 fully saturated rings. The van der Waals surface area contributed by atoms with Crippen LogP contribution in [-0.4, -0.2) is 11.7 Å². The molecule has 0 amide bonds. The minimum absolute atomic E-state index is 0. The molecule has 54 valence electrons. The van der Waals surface area contributed by atoms with E-state index in [4.69, 9.17) is 5.11 Å². The number of rotatable bonds is 2. The zero-order chi connectivity index (χ0) is 4.99. The Hall–Kier alpha value is -0.0400. The zero-order valence-corrected chi connectivity index (χ0v) is 4.44. The van der Waals surface area contributed by atoms with Crippen LogP contribution in [0.1, 0.15) is 35.1 Å². The van der Waals surface area contributed by atoms with Crippen molar-refractivity contribution in [1.29, 1.82) is 0 Å². The Morgan fingerprint density at radius 1 is 1.38 bits per heavy atom. The molecular formula is C7H20O. The lowest BCUT2D eigenvalue weighted by Crippen LogP contribution is -1.96. The largest absolute Gasteiger partial charge is 0.396 e. The highest BCUT2D eigenvalue weighted by Gasteiger charge is 1.90. The highest BCUT2D eigenvalue weighted by molar-refractivity contribution is 4.41. The fourth-order valence-electron chi connectivity index (χ4n) is 0.129. The Morgan fingerprint density at radius 3 is 1.75 bits per heavy atom. The normalized spacial score (nSPS) is 10.9. The summed E-state index contributed by atoms with van der Waals surface area (Å²) in [5.41, 5.74) is 0. The van der Waals surface area contributed by atoms with E-state index in [9.17, 15) is 0 Å². The van der Waals surface area contributed by atoms with Crippen LogP contribution in [0.15, 0.2) is 0 Å². The second-order valence-electron chi connectivity index (χ2n) is 1.70. The number of hydrogen-bond donors (Lipinski definition) is 1. The average molecular weight is 120 g/mol. The van der Waals surface area contributed by atoms with Gasteiger partial charge >= 0.3 is 0 Å². The third kappa shape index (κ3) is 9.35. The first-order valence-corrected chi connectivity index (χ1v) is 2.42. The quantitative estimate of drug-likeness (QED) is 0.593. The van der Waals surface area contributed by atoms with Gasteiger partial charge < -0.3 is 5.11 Å². The second kappa shape index (κ2) is 10.0. The molecule has 1 atom stereocenters. The van der Waals surface area contributed by atoms with E-state index < -0.39 is 0 Å². The molecule has 0 aliphatic heterocycles. The summed E-state index contributed by atoms with van der Waals surface area (Å²) < 4.78 is 0. The van der Waals surface area contributed by atoms with Crippen LogP contribution in [0.2, 0.25) is 0 Å². The molecule has 1 N–H and O–H groups in total. The number of hydrogen-bond acceptors (Lipinski definition) is 1. The Balaban J connectivity index is -0.000000125. The van der Waals surface area contributed by atoms with Crippen molar-refractivity contribution in [2.24, 2.45) is 5.92 Å². The van der Waals surface area contributed by atoms with E-state index in [0.717, 1.165) is 6.42 Å². The smallest absolute Gasteiger partial charge is 0.0456 e. The van der Waals surface area contributed by atoms with Crippen LogP contribution in [0.5, 0.6) is 0 Å². The molecule has 0 rings (SSSR count). The summed E-state index contributed by atoms with van der Waals surface area (Å²) in [6.07, 6.45) is 1.08. The molecule has 0 aliphatic carbocycles. The molecule has 1 unspecified atom stereocenters. The van der Waals surface area contributed by atoms with Gasteiger partial charge in [0.2, 0.25) is 0 Å². The summed E-state index contributed by atoms with van der Waals surface area (Å²) in [5, 5.41) is 8.33. The van der Waals surface area contributed by atoms with Crippen molar-refractivity contribution in [3.05, 3.63) is 0 Å². The summed E-state index contributed by atoms with van der Waals surface area (Å²) >= 11 is 0. The predicted molar refractivity (Wildman–Crippen MR) is 40.0 cm³/mol. The Bertz CT molecular complexity index is 23.6. The second-order valence-corrected chi connectivity index (χ2v) is 1.70. The van der Waals surface area contributed by atoms with E-state index in [1.54, 1.807) is 0 Å². The maximum atomic E-state index is 8.33. The van der Waals surface area contributed by atoms with Gasteiger partial charge in [-0.1, -0.05) is 35.1 Å². The average Bonchev–Trinajstić information content (AvgIpc) is 1.65. The lowest BCUT2D eigenvalue weighted by atomic mass is 10.1. The molecule has 0 aromatic rings. The van der Waals surface area contributed by atoms with Crippen molar-refractivity contribution in [2.45, 2.75) is 35.1 Å². The highest BCUT2D eigenvalue weighted by Crippen LogP contribution is 1.95. The van der Waals surface area contributed by atoms with Gasteiger partial charge in [-0.15, -0.1) is 0 Å². The van der Waals surface area contributed by atoms with Gasteiger partial charge in [0.15, 0.2) is 0 Å². The predicted octanol–water partition coefficient (Wildman–Crippen LogP) is 2.30. The van der Waals surface area contributed by atoms with Gasteiger partial charge in [-0.3, -0.25) is 0 Å². The molecule has 1 nitrogen and oxygen atoms in total. The van der Waals surface area contributed by atoms with Gasteiger partial charge in [-0.05, 0) is 5.92 Å². The molecule has 0 saturated heterocycles. The number of aliphatic hydroxyl groups excluding tert-OH is 1. The monoisotopic (exact) mass is 120 g/mol. The van der Waals surface area contributed by atoms with Crippen molar-refractivity contribution in [3.63, 3.8) is 0 Å². The molecule has 0 bridgehead atoms. The summed E-state index contributed by atoms with van der Waals surface area (Å²) in [5.74, 6) is 0.491. The van der Waals surface area contributed by atoms with Crippen LogP contribution >= 0.6 is 0 Å². The van der Waals surface area contributed by atoms with Gasteiger partial charge in [0, 0.05) is 6.61 Å². The topological polar surface area (TPSA) is 20.2 Å². The van der Waals surface area contributed by atoms with E-state index in [1.807, 2.05) is 6.92 Å². The van der Waals surface area contributed by atoms with Gasteiger partial charge in [-0.2, -0.15) is 0 Å². The third-order valence-corrected chi connectivity index (χ3v) is 1.01. The molecule has 0 radical (unpaired) electrons. The van der Waals surface area contributed by atoms with Crippen LogP contribution in [0.25, 0.3) is 0 Å². The molecule has 0 heterocycles. The highest BCUT2D eigenvalue weighted by atomic mass is 16.3. The maximum Gasteiger partial charge on any atom is 0.0456 e. The van der Waals surface area contributed by atoms with Crippen LogP contribution < -0.4 is 0 Å². The van der Waals surface area contributed by atoms with Crippen LogP contribution in [0.3, 0.4) is 0 Å². The number of aliphatic hydroxyl groups is 1. The van der Waals surface area contributed by atoms with Gasteiger partial charge in [-0.25, -0.2) is 0 Å². The minimum Gasteiger partial charge on any atom is -0.396 e. The summed E-state index contributed by atoms with van der Waals surface area (Å²) in [6, 6.07) is 0. The van der Waals surface area contributed by atoms with Crippen LogP contribution in [0.4, 0.5) is 0 Å². The van der Waals surface area contributed by atoms with Gasteiger partial charge in [0.1, 0.15) is 0 Å². The van der Waals surface area contributed by atoms with Crippen molar-refractivity contribution in [2.75, 3.05) is 6.61 Å².